The van der Waals surface area contributed by atoms with E-state index in [0.29, 0.717) is 5.02 Å². The topological polar surface area (TPSA) is 38.3 Å². The zero-order valence-corrected chi connectivity index (χ0v) is 15.6. The third-order valence-electron chi connectivity index (χ3n) is 4.36. The quantitative estimate of drug-likeness (QED) is 0.451. The van der Waals surface area contributed by atoms with Crippen molar-refractivity contribution in [2.24, 2.45) is 0 Å². The Hall–Kier alpha value is -2.43. The van der Waals surface area contributed by atoms with Crippen LogP contribution in [0.3, 0.4) is 0 Å². The van der Waals surface area contributed by atoms with E-state index >= 15 is 0 Å². The van der Waals surface area contributed by atoms with Gasteiger partial charge in [-0.3, -0.25) is 4.79 Å². The van der Waals surface area contributed by atoms with Gasteiger partial charge in [0.15, 0.2) is 0 Å². The molecular formula is C21H16ClNO2S. The van der Waals surface area contributed by atoms with Crippen molar-refractivity contribution < 1.29 is 9.53 Å². The van der Waals surface area contributed by atoms with Crippen molar-refractivity contribution in [2.45, 2.75) is 15.7 Å². The normalized spacial score (nSPS) is 13.2. The van der Waals surface area contributed by atoms with Gasteiger partial charge in [0.25, 0.3) is 0 Å². The highest BCUT2D eigenvalue weighted by molar-refractivity contribution is 7.99. The molecule has 0 spiro atoms. The first kappa shape index (κ1) is 17.0. The van der Waals surface area contributed by atoms with Gasteiger partial charge in [-0.15, -0.1) is 0 Å². The molecule has 0 aromatic heterocycles. The molecule has 130 valence electrons. The van der Waals surface area contributed by atoms with E-state index in [2.05, 4.69) is 23.5 Å². The molecule has 0 saturated carbocycles. The van der Waals surface area contributed by atoms with Gasteiger partial charge in [0.1, 0.15) is 5.92 Å². The van der Waals surface area contributed by atoms with E-state index in [1.165, 1.54) is 12.0 Å². The van der Waals surface area contributed by atoms with Crippen LogP contribution in [-0.2, 0) is 9.53 Å². The zero-order chi connectivity index (χ0) is 18.1. The van der Waals surface area contributed by atoms with Crippen LogP contribution in [0.4, 0.5) is 11.4 Å². The van der Waals surface area contributed by atoms with Crippen LogP contribution in [0.25, 0.3) is 0 Å². The minimum atomic E-state index is -0.486. The number of nitrogens with one attached hydrogen (secondary N) is 1. The van der Waals surface area contributed by atoms with E-state index in [-0.39, 0.29) is 5.97 Å². The predicted molar refractivity (Wildman–Crippen MR) is 106 cm³/mol. The summed E-state index contributed by atoms with van der Waals surface area (Å²) in [6, 6.07) is 21.5. The molecular weight excluding hydrogens is 366 g/mol. The summed E-state index contributed by atoms with van der Waals surface area (Å²) in [5.41, 5.74) is 3.89. The van der Waals surface area contributed by atoms with Crippen LogP contribution in [0.5, 0.6) is 0 Å². The Balaban J connectivity index is 1.74. The van der Waals surface area contributed by atoms with Gasteiger partial charge in [0.2, 0.25) is 0 Å². The van der Waals surface area contributed by atoms with Gasteiger partial charge in [-0.25, -0.2) is 0 Å². The first-order chi connectivity index (χ1) is 12.7. The maximum atomic E-state index is 12.5. The Labute approximate surface area is 161 Å². The summed E-state index contributed by atoms with van der Waals surface area (Å²) in [4.78, 5) is 14.7. The molecule has 1 unspecified atom stereocenters. The number of methoxy groups -OCH3 is 1. The molecule has 3 nitrogen and oxygen atoms in total. The summed E-state index contributed by atoms with van der Waals surface area (Å²) in [6.45, 7) is 0. The predicted octanol–water partition coefficient (Wildman–Crippen LogP) is 5.85. The van der Waals surface area contributed by atoms with Crippen LogP contribution in [0, 0.1) is 0 Å². The third kappa shape index (κ3) is 3.18. The van der Waals surface area contributed by atoms with Crippen LogP contribution in [0.15, 0.2) is 76.5 Å². The van der Waals surface area contributed by atoms with E-state index in [1.54, 1.807) is 23.9 Å². The Morgan fingerprint density at radius 3 is 2.42 bits per heavy atom. The smallest absolute Gasteiger partial charge is 0.317 e. The Morgan fingerprint density at radius 1 is 0.962 bits per heavy atom. The highest BCUT2D eigenvalue weighted by Gasteiger charge is 2.25. The average molecular weight is 382 g/mol. The second kappa shape index (κ2) is 7.06. The summed E-state index contributed by atoms with van der Waals surface area (Å²) in [5.74, 6) is -0.776. The molecule has 3 aromatic rings. The lowest BCUT2D eigenvalue weighted by Gasteiger charge is -2.23. The van der Waals surface area contributed by atoms with Crippen molar-refractivity contribution in [3.8, 4) is 0 Å². The zero-order valence-electron chi connectivity index (χ0n) is 14.0. The number of halogens is 1. The Morgan fingerprint density at radius 2 is 1.65 bits per heavy atom. The first-order valence-electron chi connectivity index (χ1n) is 8.17. The van der Waals surface area contributed by atoms with E-state index in [9.17, 15) is 4.79 Å². The number of benzene rings is 3. The van der Waals surface area contributed by atoms with E-state index in [0.717, 1.165) is 27.4 Å². The molecule has 0 radical (unpaired) electrons. The number of ether oxygens (including phenoxy) is 1. The van der Waals surface area contributed by atoms with Crippen LogP contribution >= 0.6 is 23.4 Å². The minimum Gasteiger partial charge on any atom is -0.468 e. The summed E-state index contributed by atoms with van der Waals surface area (Å²) >= 11 is 7.69. The van der Waals surface area contributed by atoms with Gasteiger partial charge < -0.3 is 10.1 Å². The van der Waals surface area contributed by atoms with Gasteiger partial charge in [0.05, 0.1) is 18.5 Å². The molecule has 0 aliphatic carbocycles. The van der Waals surface area contributed by atoms with Crippen LogP contribution in [0.1, 0.15) is 17.0 Å². The number of esters is 1. The number of para-hydroxylation sites is 1. The fourth-order valence-electron chi connectivity index (χ4n) is 3.07. The summed E-state index contributed by atoms with van der Waals surface area (Å²) < 4.78 is 5.06. The van der Waals surface area contributed by atoms with Crippen molar-refractivity contribution in [3.63, 3.8) is 0 Å². The number of hydrogen-bond donors (Lipinski definition) is 1. The van der Waals surface area contributed by atoms with Crippen LogP contribution in [-0.4, -0.2) is 13.1 Å². The minimum absolute atomic E-state index is 0.290. The van der Waals surface area contributed by atoms with Crippen molar-refractivity contribution in [2.75, 3.05) is 12.4 Å². The molecule has 5 heteroatoms. The van der Waals surface area contributed by atoms with Crippen molar-refractivity contribution in [3.05, 3.63) is 82.9 Å². The van der Waals surface area contributed by atoms with E-state index < -0.39 is 5.92 Å². The average Bonchev–Trinajstić information content (AvgIpc) is 2.67. The Kier molecular flexibility index (Phi) is 4.62. The molecule has 1 atom stereocenters. The van der Waals surface area contributed by atoms with Crippen molar-refractivity contribution in [1.29, 1.82) is 0 Å². The van der Waals surface area contributed by atoms with Crippen LogP contribution in [0.2, 0.25) is 5.02 Å². The highest BCUT2D eigenvalue weighted by atomic mass is 35.5. The van der Waals surface area contributed by atoms with Gasteiger partial charge in [-0.05, 0) is 47.5 Å². The summed E-state index contributed by atoms with van der Waals surface area (Å²) in [5, 5.41) is 4.08. The molecule has 26 heavy (non-hydrogen) atoms. The number of carbonyl (C=O) groups is 1. The Bertz CT molecular complexity index is 972. The molecule has 1 aliphatic heterocycles. The second-order valence-electron chi connectivity index (χ2n) is 5.99. The molecule has 1 N–H and O–H groups in total. The molecule has 0 amide bonds. The number of carbonyl (C=O) groups excluding carboxylic acids is 1. The summed E-state index contributed by atoms with van der Waals surface area (Å²) in [6.07, 6.45) is 0. The molecule has 0 fully saturated rings. The van der Waals surface area contributed by atoms with Crippen molar-refractivity contribution >= 4 is 40.7 Å². The maximum absolute atomic E-state index is 12.5. The van der Waals surface area contributed by atoms with Crippen LogP contribution < -0.4 is 5.32 Å². The van der Waals surface area contributed by atoms with Gasteiger partial charge in [-0.2, -0.15) is 0 Å². The molecule has 0 bridgehead atoms. The molecule has 3 aromatic carbocycles. The van der Waals surface area contributed by atoms with Crippen molar-refractivity contribution in [1.82, 2.24) is 0 Å². The fraction of sp³-hybridized carbons (Fsp3) is 0.0952. The maximum Gasteiger partial charge on any atom is 0.317 e. The molecule has 1 aliphatic rings. The molecule has 1 heterocycles. The number of rotatable bonds is 3. The molecule has 0 saturated heterocycles. The lowest BCUT2D eigenvalue weighted by atomic mass is 9.91. The first-order valence-corrected chi connectivity index (χ1v) is 9.36. The molecule has 4 rings (SSSR count). The monoisotopic (exact) mass is 381 g/mol. The van der Waals surface area contributed by atoms with E-state index in [4.69, 9.17) is 16.3 Å². The lowest BCUT2D eigenvalue weighted by molar-refractivity contribution is -0.141. The third-order valence-corrected chi connectivity index (χ3v) is 5.74. The standard InChI is InChI=1S/C21H16ClNO2S/c1-25-21(24)20(13-6-9-15(22)10-7-13)14-8-11-17-19(12-14)26-18-5-3-2-4-16(18)23-17/h2-12,20,23H,1H3. The summed E-state index contributed by atoms with van der Waals surface area (Å²) in [7, 11) is 1.41. The number of anilines is 2. The second-order valence-corrected chi connectivity index (χ2v) is 7.51. The van der Waals surface area contributed by atoms with E-state index in [1.807, 2.05) is 36.4 Å². The number of fused-ring (bicyclic) bond motifs is 2. The van der Waals surface area contributed by atoms with Gasteiger partial charge in [0, 0.05) is 14.8 Å². The van der Waals surface area contributed by atoms with Gasteiger partial charge in [-0.1, -0.05) is 53.7 Å². The fourth-order valence-corrected chi connectivity index (χ4v) is 4.23. The SMILES string of the molecule is COC(=O)C(c1ccc(Cl)cc1)c1ccc2c(c1)Sc1ccccc1N2. The largest absolute Gasteiger partial charge is 0.468 e. The highest BCUT2D eigenvalue weighted by Crippen LogP contribution is 2.45. The number of hydrogen-bond acceptors (Lipinski definition) is 4. The van der Waals surface area contributed by atoms with Gasteiger partial charge >= 0.3 is 5.97 Å². The lowest BCUT2D eigenvalue weighted by Crippen LogP contribution is -2.16.